The van der Waals surface area contributed by atoms with Crippen molar-refractivity contribution < 1.29 is 17.9 Å². The summed E-state index contributed by atoms with van der Waals surface area (Å²) in [7, 11) is -3.89. The van der Waals surface area contributed by atoms with E-state index in [-0.39, 0.29) is 17.3 Å². The van der Waals surface area contributed by atoms with Crippen molar-refractivity contribution in [1.29, 1.82) is 0 Å². The summed E-state index contributed by atoms with van der Waals surface area (Å²) < 4.78 is 33.1. The third-order valence-electron chi connectivity index (χ3n) is 4.67. The van der Waals surface area contributed by atoms with Gasteiger partial charge in [0, 0.05) is 19.8 Å². The summed E-state index contributed by atoms with van der Waals surface area (Å²) in [5.41, 5.74) is 3.46. The Kier molecular flexibility index (Phi) is 8.22. The first kappa shape index (κ1) is 22.9. The zero-order valence-electron chi connectivity index (χ0n) is 17.6. The number of anilines is 1. The van der Waals surface area contributed by atoms with Gasteiger partial charge in [-0.05, 0) is 69.5 Å². The normalized spacial score (nSPS) is 11.3. The van der Waals surface area contributed by atoms with Gasteiger partial charge in [-0.25, -0.2) is 8.42 Å². The van der Waals surface area contributed by atoms with Gasteiger partial charge >= 0.3 is 0 Å². The fourth-order valence-electron chi connectivity index (χ4n) is 2.77. The van der Waals surface area contributed by atoms with Crippen LogP contribution in [-0.2, 0) is 19.6 Å². The van der Waals surface area contributed by atoms with E-state index in [9.17, 15) is 13.2 Å². The lowest BCUT2D eigenvalue weighted by molar-refractivity contribution is -0.119. The molecule has 2 rings (SSSR count). The van der Waals surface area contributed by atoms with E-state index in [4.69, 9.17) is 4.74 Å². The molecular formula is C22H30N2O4S. The van der Waals surface area contributed by atoms with Crippen LogP contribution in [0, 0.1) is 20.8 Å². The van der Waals surface area contributed by atoms with Crippen molar-refractivity contribution in [2.75, 3.05) is 30.6 Å². The van der Waals surface area contributed by atoms with Crippen molar-refractivity contribution in [3.63, 3.8) is 0 Å². The number of sulfonamides is 1. The Labute approximate surface area is 173 Å². The van der Waals surface area contributed by atoms with Gasteiger partial charge in [0.2, 0.25) is 5.91 Å². The highest BCUT2D eigenvalue weighted by Crippen LogP contribution is 2.25. The van der Waals surface area contributed by atoms with Crippen molar-refractivity contribution in [2.45, 2.75) is 39.0 Å². The molecule has 1 amide bonds. The number of carbonyl (C=O) groups is 1. The second-order valence-electron chi connectivity index (χ2n) is 6.99. The van der Waals surface area contributed by atoms with E-state index in [1.54, 1.807) is 36.4 Å². The number of amides is 1. The van der Waals surface area contributed by atoms with E-state index >= 15 is 0 Å². The SMILES string of the molecule is CCOCCCNC(=O)CN(c1ccc(C)c(C)c1)S(=O)(=O)c1ccc(C)cc1. The first-order valence-corrected chi connectivity index (χ1v) is 11.2. The van der Waals surface area contributed by atoms with E-state index in [1.807, 2.05) is 33.8 Å². The maximum Gasteiger partial charge on any atom is 0.264 e. The molecule has 6 nitrogen and oxygen atoms in total. The molecule has 2 aromatic carbocycles. The van der Waals surface area contributed by atoms with Crippen LogP contribution in [-0.4, -0.2) is 40.6 Å². The van der Waals surface area contributed by atoms with Crippen molar-refractivity contribution in [3.05, 3.63) is 59.2 Å². The topological polar surface area (TPSA) is 75.7 Å². The first-order valence-electron chi connectivity index (χ1n) is 9.76. The lowest BCUT2D eigenvalue weighted by Gasteiger charge is -2.25. The number of hydrogen-bond acceptors (Lipinski definition) is 4. The zero-order valence-corrected chi connectivity index (χ0v) is 18.4. The van der Waals surface area contributed by atoms with Gasteiger partial charge in [-0.15, -0.1) is 0 Å². The van der Waals surface area contributed by atoms with Gasteiger partial charge in [0.05, 0.1) is 10.6 Å². The minimum absolute atomic E-state index is 0.158. The van der Waals surface area contributed by atoms with E-state index in [0.717, 1.165) is 16.7 Å². The van der Waals surface area contributed by atoms with Gasteiger partial charge in [0.25, 0.3) is 10.0 Å². The summed E-state index contributed by atoms with van der Waals surface area (Å²) in [5.74, 6) is -0.351. The summed E-state index contributed by atoms with van der Waals surface area (Å²) >= 11 is 0. The summed E-state index contributed by atoms with van der Waals surface area (Å²) in [6.45, 7) is 9.02. The zero-order chi connectivity index (χ0) is 21.4. The average Bonchev–Trinajstić information content (AvgIpc) is 2.68. The van der Waals surface area contributed by atoms with Crippen LogP contribution in [0.3, 0.4) is 0 Å². The van der Waals surface area contributed by atoms with Crippen molar-refractivity contribution >= 4 is 21.6 Å². The quantitative estimate of drug-likeness (QED) is 0.601. The first-order chi connectivity index (χ1) is 13.8. The molecule has 2 aromatic rings. The molecular weight excluding hydrogens is 388 g/mol. The third kappa shape index (κ3) is 6.30. The number of carbonyl (C=O) groups excluding carboxylic acids is 1. The molecule has 0 aromatic heterocycles. The van der Waals surface area contributed by atoms with Crippen LogP contribution >= 0.6 is 0 Å². The monoisotopic (exact) mass is 418 g/mol. The van der Waals surface area contributed by atoms with Gasteiger partial charge in [-0.2, -0.15) is 0 Å². The molecule has 0 atom stereocenters. The van der Waals surface area contributed by atoms with E-state index in [0.29, 0.717) is 31.9 Å². The third-order valence-corrected chi connectivity index (χ3v) is 6.45. The predicted octanol–water partition coefficient (Wildman–Crippen LogP) is 3.35. The summed E-state index contributed by atoms with van der Waals surface area (Å²) in [4.78, 5) is 12.6. The smallest absolute Gasteiger partial charge is 0.264 e. The molecule has 0 bridgehead atoms. The summed E-state index contributed by atoms with van der Waals surface area (Å²) in [6.07, 6.45) is 0.675. The summed E-state index contributed by atoms with van der Waals surface area (Å²) in [5, 5.41) is 2.78. The van der Waals surface area contributed by atoms with E-state index in [1.165, 1.54) is 4.31 Å². The molecule has 0 heterocycles. The molecule has 0 saturated carbocycles. The maximum atomic E-state index is 13.3. The van der Waals surface area contributed by atoms with Gasteiger partial charge in [-0.1, -0.05) is 23.8 Å². The Morgan fingerprint density at radius 1 is 1.03 bits per heavy atom. The van der Waals surface area contributed by atoms with Crippen LogP contribution in [0.1, 0.15) is 30.0 Å². The molecule has 0 aliphatic heterocycles. The number of hydrogen-bond donors (Lipinski definition) is 1. The van der Waals surface area contributed by atoms with Gasteiger partial charge in [0.15, 0.2) is 0 Å². The molecule has 0 spiro atoms. The number of benzene rings is 2. The van der Waals surface area contributed by atoms with Crippen LogP contribution in [0.4, 0.5) is 5.69 Å². The van der Waals surface area contributed by atoms with Gasteiger partial charge in [0.1, 0.15) is 6.54 Å². The largest absolute Gasteiger partial charge is 0.382 e. The lowest BCUT2D eigenvalue weighted by Crippen LogP contribution is -2.41. The van der Waals surface area contributed by atoms with E-state index in [2.05, 4.69) is 5.32 Å². The molecule has 0 aliphatic rings. The van der Waals surface area contributed by atoms with Crippen LogP contribution in [0.5, 0.6) is 0 Å². The highest BCUT2D eigenvalue weighted by atomic mass is 32.2. The molecule has 29 heavy (non-hydrogen) atoms. The standard InChI is InChI=1S/C22H30N2O4S/c1-5-28-14-6-13-23-22(25)16-24(20-10-9-18(3)19(4)15-20)29(26,27)21-11-7-17(2)8-12-21/h7-12,15H,5-6,13-14,16H2,1-4H3,(H,23,25). The molecule has 0 radical (unpaired) electrons. The molecule has 0 fully saturated rings. The van der Waals surface area contributed by atoms with Gasteiger partial charge in [-0.3, -0.25) is 9.10 Å². The van der Waals surface area contributed by atoms with Crippen molar-refractivity contribution in [3.8, 4) is 0 Å². The van der Waals surface area contributed by atoms with Crippen molar-refractivity contribution in [2.24, 2.45) is 0 Å². The Balaban J connectivity index is 2.27. The number of nitrogens with zero attached hydrogens (tertiary/aromatic N) is 1. The molecule has 0 saturated heterocycles. The number of ether oxygens (including phenoxy) is 1. The predicted molar refractivity (Wildman–Crippen MR) is 116 cm³/mol. The minimum Gasteiger partial charge on any atom is -0.382 e. The highest BCUT2D eigenvalue weighted by Gasteiger charge is 2.27. The number of nitrogens with one attached hydrogen (secondary N) is 1. The second-order valence-corrected chi connectivity index (χ2v) is 8.86. The highest BCUT2D eigenvalue weighted by molar-refractivity contribution is 7.92. The fourth-order valence-corrected chi connectivity index (χ4v) is 4.18. The minimum atomic E-state index is -3.89. The molecule has 0 unspecified atom stereocenters. The molecule has 158 valence electrons. The Morgan fingerprint density at radius 3 is 2.34 bits per heavy atom. The lowest BCUT2D eigenvalue weighted by atomic mass is 10.1. The van der Waals surface area contributed by atoms with Crippen LogP contribution in [0.25, 0.3) is 0 Å². The van der Waals surface area contributed by atoms with Crippen LogP contribution in [0.2, 0.25) is 0 Å². The molecule has 1 N–H and O–H groups in total. The number of rotatable bonds is 10. The Bertz CT molecular complexity index is 924. The molecule has 0 aliphatic carbocycles. The maximum absolute atomic E-state index is 13.3. The molecule has 7 heteroatoms. The Hall–Kier alpha value is -2.38. The average molecular weight is 419 g/mol. The van der Waals surface area contributed by atoms with Crippen LogP contribution in [0.15, 0.2) is 47.4 Å². The number of aryl methyl sites for hydroxylation is 3. The van der Waals surface area contributed by atoms with E-state index < -0.39 is 10.0 Å². The summed E-state index contributed by atoms with van der Waals surface area (Å²) in [6, 6.07) is 12.0. The van der Waals surface area contributed by atoms with Crippen LogP contribution < -0.4 is 9.62 Å². The fraction of sp³-hybridized carbons (Fsp3) is 0.409. The second kappa shape index (κ2) is 10.4. The van der Waals surface area contributed by atoms with Gasteiger partial charge < -0.3 is 10.1 Å². The van der Waals surface area contributed by atoms with Crippen molar-refractivity contribution in [1.82, 2.24) is 5.32 Å². The Morgan fingerprint density at radius 2 is 1.72 bits per heavy atom.